The van der Waals surface area contributed by atoms with Gasteiger partial charge in [-0.2, -0.15) is 0 Å². The minimum Gasteiger partial charge on any atom is -0.324 e. The molecule has 0 aliphatic heterocycles. The molecule has 0 saturated heterocycles. The van der Waals surface area contributed by atoms with Crippen LogP contribution >= 0.6 is 0 Å². The normalized spacial score (nSPS) is 12.4. The standard InChI is InChI=1S/C25H31N/c1-2-3-4-5-6-7-19-25(26)24-17-11-10-16-23(24)22-18-12-14-20-13-8-9-15-21(20)22/h8-18,25H,2-7,19,26H2,1H3. The third-order valence-corrected chi connectivity index (χ3v) is 5.31. The largest absolute Gasteiger partial charge is 0.324 e. The van der Waals surface area contributed by atoms with E-state index in [0.29, 0.717) is 0 Å². The molecule has 0 radical (unpaired) electrons. The molecule has 0 aliphatic carbocycles. The van der Waals surface area contributed by atoms with Crippen LogP contribution in [0.3, 0.4) is 0 Å². The van der Waals surface area contributed by atoms with Crippen LogP contribution in [0.1, 0.15) is 63.5 Å². The maximum atomic E-state index is 6.62. The van der Waals surface area contributed by atoms with E-state index in [2.05, 4.69) is 73.7 Å². The van der Waals surface area contributed by atoms with Crippen molar-refractivity contribution >= 4 is 10.8 Å². The smallest absolute Gasteiger partial charge is 0.0301 e. The van der Waals surface area contributed by atoms with Gasteiger partial charge in [-0.3, -0.25) is 0 Å². The molecule has 1 unspecified atom stereocenters. The number of benzene rings is 3. The second kappa shape index (κ2) is 9.54. The molecule has 0 spiro atoms. The van der Waals surface area contributed by atoms with Gasteiger partial charge in [-0.05, 0) is 33.9 Å². The van der Waals surface area contributed by atoms with Gasteiger partial charge in [0, 0.05) is 6.04 Å². The summed E-state index contributed by atoms with van der Waals surface area (Å²) in [5.41, 5.74) is 10.5. The Morgan fingerprint density at radius 3 is 2.23 bits per heavy atom. The molecule has 0 aliphatic rings. The highest BCUT2D eigenvalue weighted by Crippen LogP contribution is 2.34. The molecule has 26 heavy (non-hydrogen) atoms. The first-order valence-electron chi connectivity index (χ1n) is 10.1. The molecule has 3 aromatic rings. The van der Waals surface area contributed by atoms with E-state index in [-0.39, 0.29) is 6.04 Å². The van der Waals surface area contributed by atoms with Crippen LogP contribution in [0.5, 0.6) is 0 Å². The van der Waals surface area contributed by atoms with Gasteiger partial charge < -0.3 is 5.73 Å². The summed E-state index contributed by atoms with van der Waals surface area (Å²) in [6, 6.07) is 23.9. The van der Waals surface area contributed by atoms with Gasteiger partial charge in [0.15, 0.2) is 0 Å². The average Bonchev–Trinajstić information content (AvgIpc) is 2.70. The summed E-state index contributed by atoms with van der Waals surface area (Å²) in [5, 5.41) is 2.58. The summed E-state index contributed by atoms with van der Waals surface area (Å²) < 4.78 is 0. The Hall–Kier alpha value is -2.12. The second-order valence-corrected chi connectivity index (χ2v) is 7.28. The highest BCUT2D eigenvalue weighted by molar-refractivity contribution is 5.97. The Morgan fingerprint density at radius 2 is 1.35 bits per heavy atom. The van der Waals surface area contributed by atoms with Crippen molar-refractivity contribution < 1.29 is 0 Å². The number of hydrogen-bond acceptors (Lipinski definition) is 1. The maximum absolute atomic E-state index is 6.62. The zero-order valence-corrected chi connectivity index (χ0v) is 16.0. The Balaban J connectivity index is 1.78. The fourth-order valence-corrected chi connectivity index (χ4v) is 3.83. The second-order valence-electron chi connectivity index (χ2n) is 7.28. The lowest BCUT2D eigenvalue weighted by Gasteiger charge is -2.18. The SMILES string of the molecule is CCCCCCCCC(N)c1ccccc1-c1cccc2ccccc12. The topological polar surface area (TPSA) is 26.0 Å². The summed E-state index contributed by atoms with van der Waals surface area (Å²) in [7, 11) is 0. The Labute approximate surface area is 158 Å². The number of rotatable bonds is 9. The van der Waals surface area contributed by atoms with E-state index in [1.165, 1.54) is 66.0 Å². The highest BCUT2D eigenvalue weighted by atomic mass is 14.6. The van der Waals surface area contributed by atoms with Crippen molar-refractivity contribution in [2.24, 2.45) is 5.73 Å². The molecule has 0 bridgehead atoms. The van der Waals surface area contributed by atoms with Crippen LogP contribution in [0.4, 0.5) is 0 Å². The van der Waals surface area contributed by atoms with E-state index in [9.17, 15) is 0 Å². The van der Waals surface area contributed by atoms with Crippen LogP contribution in [-0.4, -0.2) is 0 Å². The van der Waals surface area contributed by atoms with Crippen LogP contribution < -0.4 is 5.73 Å². The molecule has 0 fully saturated rings. The van der Waals surface area contributed by atoms with Crippen molar-refractivity contribution in [1.82, 2.24) is 0 Å². The van der Waals surface area contributed by atoms with Gasteiger partial charge in [0.25, 0.3) is 0 Å². The lowest BCUT2D eigenvalue weighted by atomic mass is 9.90. The molecule has 1 nitrogen and oxygen atoms in total. The van der Waals surface area contributed by atoms with Crippen molar-refractivity contribution in [2.75, 3.05) is 0 Å². The number of fused-ring (bicyclic) bond motifs is 1. The molecule has 3 rings (SSSR count). The quantitative estimate of drug-likeness (QED) is 0.406. The predicted molar refractivity (Wildman–Crippen MR) is 114 cm³/mol. The summed E-state index contributed by atoms with van der Waals surface area (Å²) in [6.45, 7) is 2.26. The minimum absolute atomic E-state index is 0.108. The van der Waals surface area contributed by atoms with Crippen molar-refractivity contribution in [3.63, 3.8) is 0 Å². The van der Waals surface area contributed by atoms with E-state index in [1.54, 1.807) is 0 Å². The lowest BCUT2D eigenvalue weighted by molar-refractivity contribution is 0.548. The van der Waals surface area contributed by atoms with Crippen LogP contribution in [0, 0.1) is 0 Å². The first-order chi connectivity index (χ1) is 12.8. The van der Waals surface area contributed by atoms with Gasteiger partial charge in [0.05, 0.1) is 0 Å². The maximum Gasteiger partial charge on any atom is 0.0301 e. The fourth-order valence-electron chi connectivity index (χ4n) is 3.83. The lowest BCUT2D eigenvalue weighted by Crippen LogP contribution is -2.11. The molecular weight excluding hydrogens is 314 g/mol. The molecule has 2 N–H and O–H groups in total. The number of nitrogens with two attached hydrogens (primary N) is 1. The van der Waals surface area contributed by atoms with Gasteiger partial charge in [0.2, 0.25) is 0 Å². The average molecular weight is 346 g/mol. The summed E-state index contributed by atoms with van der Waals surface area (Å²) in [6.07, 6.45) is 8.94. The third kappa shape index (κ3) is 4.53. The van der Waals surface area contributed by atoms with Gasteiger partial charge in [-0.25, -0.2) is 0 Å². The molecule has 1 atom stereocenters. The number of hydrogen-bond donors (Lipinski definition) is 1. The molecule has 136 valence electrons. The molecule has 0 aromatic heterocycles. The van der Waals surface area contributed by atoms with Gasteiger partial charge in [-0.1, -0.05) is 112 Å². The van der Waals surface area contributed by atoms with E-state index in [1.807, 2.05) is 0 Å². The van der Waals surface area contributed by atoms with Crippen molar-refractivity contribution in [3.05, 3.63) is 72.3 Å². The van der Waals surface area contributed by atoms with Crippen molar-refractivity contribution in [3.8, 4) is 11.1 Å². The summed E-state index contributed by atoms with van der Waals surface area (Å²) in [5.74, 6) is 0. The Morgan fingerprint density at radius 1 is 0.692 bits per heavy atom. The van der Waals surface area contributed by atoms with Crippen LogP contribution in [0.2, 0.25) is 0 Å². The van der Waals surface area contributed by atoms with Crippen molar-refractivity contribution in [2.45, 2.75) is 57.9 Å². The minimum atomic E-state index is 0.108. The Kier molecular flexibility index (Phi) is 6.85. The summed E-state index contributed by atoms with van der Waals surface area (Å²) in [4.78, 5) is 0. The van der Waals surface area contributed by atoms with Crippen LogP contribution in [0.25, 0.3) is 21.9 Å². The predicted octanol–water partition coefficient (Wildman–Crippen LogP) is 7.26. The van der Waals surface area contributed by atoms with Gasteiger partial charge >= 0.3 is 0 Å². The first-order valence-corrected chi connectivity index (χ1v) is 10.1. The molecule has 3 aromatic carbocycles. The zero-order valence-electron chi connectivity index (χ0n) is 16.0. The van der Waals surface area contributed by atoms with E-state index < -0.39 is 0 Å². The van der Waals surface area contributed by atoms with E-state index in [4.69, 9.17) is 5.73 Å². The van der Waals surface area contributed by atoms with E-state index >= 15 is 0 Å². The molecule has 0 amide bonds. The highest BCUT2D eigenvalue weighted by Gasteiger charge is 2.13. The van der Waals surface area contributed by atoms with Gasteiger partial charge in [0.1, 0.15) is 0 Å². The van der Waals surface area contributed by atoms with Crippen LogP contribution in [-0.2, 0) is 0 Å². The molecular formula is C25H31N. The number of unbranched alkanes of at least 4 members (excludes halogenated alkanes) is 5. The summed E-state index contributed by atoms with van der Waals surface area (Å²) >= 11 is 0. The monoisotopic (exact) mass is 345 g/mol. The third-order valence-electron chi connectivity index (χ3n) is 5.31. The Bertz CT molecular complexity index is 816. The molecule has 0 heterocycles. The van der Waals surface area contributed by atoms with Crippen LogP contribution in [0.15, 0.2) is 66.7 Å². The first kappa shape index (κ1) is 18.7. The van der Waals surface area contributed by atoms with E-state index in [0.717, 1.165) is 6.42 Å². The van der Waals surface area contributed by atoms with Crippen molar-refractivity contribution in [1.29, 1.82) is 0 Å². The molecule has 0 saturated carbocycles. The zero-order chi connectivity index (χ0) is 18.2. The molecule has 1 heteroatoms. The van der Waals surface area contributed by atoms with Gasteiger partial charge in [-0.15, -0.1) is 0 Å². The fraction of sp³-hybridized carbons (Fsp3) is 0.360.